The highest BCUT2D eigenvalue weighted by Crippen LogP contribution is 2.24. The number of fused-ring (bicyclic) bond motifs is 1. The molecule has 0 radical (unpaired) electrons. The molecular formula is C19H21N5O2. The molecule has 134 valence electrons. The van der Waals surface area contributed by atoms with E-state index in [0.717, 1.165) is 42.4 Å². The summed E-state index contributed by atoms with van der Waals surface area (Å²) in [5, 5.41) is 11.5. The third-order valence-corrected chi connectivity index (χ3v) is 4.71. The minimum absolute atomic E-state index is 0.0248. The first-order valence-corrected chi connectivity index (χ1v) is 8.74. The lowest BCUT2D eigenvalue weighted by atomic mass is 9.97. The first kappa shape index (κ1) is 16.4. The minimum Gasteiger partial charge on any atom is -0.497 e. The number of nitrogens with one attached hydrogen (secondary N) is 1. The van der Waals surface area contributed by atoms with E-state index < -0.39 is 0 Å². The van der Waals surface area contributed by atoms with Crippen LogP contribution in [-0.2, 0) is 4.79 Å². The molecule has 1 N–H and O–H groups in total. The largest absolute Gasteiger partial charge is 0.497 e. The smallest absolute Gasteiger partial charge is 0.231 e. The second-order valence-electron chi connectivity index (χ2n) is 6.44. The Balaban J connectivity index is 1.48. The minimum atomic E-state index is -0.0917. The number of benzene rings is 1. The quantitative estimate of drug-likeness (QED) is 0.782. The number of ether oxygens (including phenoxy) is 1. The predicted octanol–water partition coefficient (Wildman–Crippen LogP) is 2.59. The zero-order chi connectivity index (χ0) is 17.9. The zero-order valence-corrected chi connectivity index (χ0v) is 14.6. The Morgan fingerprint density at radius 2 is 2.15 bits per heavy atom. The first-order chi connectivity index (χ1) is 12.7. The van der Waals surface area contributed by atoms with Crippen LogP contribution in [0.3, 0.4) is 0 Å². The highest BCUT2D eigenvalue weighted by Gasteiger charge is 2.28. The van der Waals surface area contributed by atoms with Crippen molar-refractivity contribution in [3.05, 3.63) is 48.7 Å². The second kappa shape index (κ2) is 7.03. The molecule has 7 heteroatoms. The number of methoxy groups -OCH3 is 1. The number of aromatic nitrogens is 3. The van der Waals surface area contributed by atoms with Crippen LogP contribution < -0.4 is 15.0 Å². The lowest BCUT2D eigenvalue weighted by molar-refractivity contribution is -0.120. The number of piperidine rings is 1. The summed E-state index contributed by atoms with van der Waals surface area (Å²) in [7, 11) is 1.61. The van der Waals surface area contributed by atoms with Crippen LogP contribution in [0, 0.1) is 5.92 Å². The van der Waals surface area contributed by atoms with Crippen molar-refractivity contribution in [2.24, 2.45) is 5.92 Å². The summed E-state index contributed by atoms with van der Waals surface area (Å²) < 4.78 is 7.17. The van der Waals surface area contributed by atoms with Crippen LogP contribution in [0.5, 0.6) is 5.75 Å². The summed E-state index contributed by atoms with van der Waals surface area (Å²) in [6.45, 7) is 1.50. The maximum atomic E-state index is 12.7. The SMILES string of the molecule is COc1cccc(NC(=O)[C@H]2CCCN(c3nnc4ccccn34)C2)c1. The summed E-state index contributed by atoms with van der Waals surface area (Å²) in [6, 6.07) is 13.2. The van der Waals surface area contributed by atoms with Gasteiger partial charge in [0.25, 0.3) is 0 Å². The maximum Gasteiger partial charge on any atom is 0.231 e. The van der Waals surface area contributed by atoms with Gasteiger partial charge in [-0.05, 0) is 37.1 Å². The van der Waals surface area contributed by atoms with Crippen LogP contribution in [0.4, 0.5) is 11.6 Å². The molecule has 0 spiro atoms. The van der Waals surface area contributed by atoms with E-state index in [1.807, 2.05) is 53.1 Å². The lowest BCUT2D eigenvalue weighted by Gasteiger charge is -2.32. The van der Waals surface area contributed by atoms with E-state index in [-0.39, 0.29) is 11.8 Å². The summed E-state index contributed by atoms with van der Waals surface area (Å²) >= 11 is 0. The van der Waals surface area contributed by atoms with Crippen LogP contribution in [0.25, 0.3) is 5.65 Å². The van der Waals surface area contributed by atoms with Crippen molar-refractivity contribution in [3.8, 4) is 5.75 Å². The Kier molecular flexibility index (Phi) is 4.43. The van der Waals surface area contributed by atoms with Crippen molar-refractivity contribution >= 4 is 23.2 Å². The fraction of sp³-hybridized carbons (Fsp3) is 0.316. The van der Waals surface area contributed by atoms with Crippen LogP contribution in [0.1, 0.15) is 12.8 Å². The maximum absolute atomic E-state index is 12.7. The van der Waals surface area contributed by atoms with Crippen molar-refractivity contribution in [1.29, 1.82) is 0 Å². The average Bonchev–Trinajstić information content (AvgIpc) is 3.12. The molecule has 1 aromatic carbocycles. The molecule has 1 amide bonds. The molecule has 1 aliphatic rings. The summed E-state index contributed by atoms with van der Waals surface area (Å²) in [4.78, 5) is 14.9. The van der Waals surface area contributed by atoms with Crippen LogP contribution >= 0.6 is 0 Å². The topological polar surface area (TPSA) is 71.8 Å². The van der Waals surface area contributed by atoms with Crippen molar-refractivity contribution in [2.45, 2.75) is 12.8 Å². The van der Waals surface area contributed by atoms with Gasteiger partial charge in [-0.15, -0.1) is 10.2 Å². The second-order valence-corrected chi connectivity index (χ2v) is 6.44. The molecule has 0 bridgehead atoms. The van der Waals surface area contributed by atoms with Crippen LogP contribution in [0.2, 0.25) is 0 Å². The van der Waals surface area contributed by atoms with Crippen molar-refractivity contribution < 1.29 is 9.53 Å². The van der Waals surface area contributed by atoms with Gasteiger partial charge in [-0.1, -0.05) is 12.1 Å². The zero-order valence-electron chi connectivity index (χ0n) is 14.6. The third kappa shape index (κ3) is 3.20. The number of nitrogens with zero attached hydrogens (tertiary/aromatic N) is 4. The van der Waals surface area contributed by atoms with Gasteiger partial charge in [0.1, 0.15) is 5.75 Å². The van der Waals surface area contributed by atoms with Gasteiger partial charge in [0.2, 0.25) is 11.9 Å². The standard InChI is InChI=1S/C19H21N5O2/c1-26-16-8-4-7-15(12-16)20-18(25)14-6-5-10-23(13-14)19-22-21-17-9-2-3-11-24(17)19/h2-4,7-9,11-12,14H,5-6,10,13H2,1H3,(H,20,25)/t14-/m0/s1. The molecule has 3 heterocycles. The third-order valence-electron chi connectivity index (χ3n) is 4.71. The van der Waals surface area contributed by atoms with E-state index in [4.69, 9.17) is 4.74 Å². The monoisotopic (exact) mass is 351 g/mol. The molecule has 0 unspecified atom stereocenters. The molecule has 7 nitrogen and oxygen atoms in total. The number of carbonyl (C=O) groups excluding carboxylic acids is 1. The van der Waals surface area contributed by atoms with E-state index >= 15 is 0 Å². The van der Waals surface area contributed by atoms with Gasteiger partial charge in [0.05, 0.1) is 13.0 Å². The molecule has 3 aromatic rings. The van der Waals surface area contributed by atoms with E-state index in [9.17, 15) is 4.79 Å². The van der Waals surface area contributed by atoms with Crippen molar-refractivity contribution in [1.82, 2.24) is 14.6 Å². The van der Waals surface area contributed by atoms with Gasteiger partial charge in [-0.2, -0.15) is 0 Å². The number of rotatable bonds is 4. The van der Waals surface area contributed by atoms with Gasteiger partial charge < -0.3 is 15.0 Å². The van der Waals surface area contributed by atoms with Gasteiger partial charge in [-0.25, -0.2) is 0 Å². The number of anilines is 2. The summed E-state index contributed by atoms with van der Waals surface area (Å²) in [5.41, 5.74) is 1.56. The van der Waals surface area contributed by atoms with E-state index in [1.165, 1.54) is 0 Å². The molecule has 1 atom stereocenters. The van der Waals surface area contributed by atoms with Gasteiger partial charge in [0.15, 0.2) is 5.65 Å². The Labute approximate surface area is 151 Å². The molecule has 26 heavy (non-hydrogen) atoms. The number of hydrogen-bond acceptors (Lipinski definition) is 5. The highest BCUT2D eigenvalue weighted by atomic mass is 16.5. The number of carbonyl (C=O) groups is 1. The fourth-order valence-corrected chi connectivity index (χ4v) is 3.36. The van der Waals surface area contributed by atoms with Crippen molar-refractivity contribution in [3.63, 3.8) is 0 Å². The average molecular weight is 351 g/mol. The normalized spacial score (nSPS) is 17.3. The first-order valence-electron chi connectivity index (χ1n) is 8.74. The number of amides is 1. The Morgan fingerprint density at radius 3 is 3.04 bits per heavy atom. The molecule has 1 fully saturated rings. The molecule has 4 rings (SSSR count). The van der Waals surface area contributed by atoms with Gasteiger partial charge in [0, 0.05) is 31.0 Å². The Hall–Kier alpha value is -3.09. The van der Waals surface area contributed by atoms with Crippen molar-refractivity contribution in [2.75, 3.05) is 30.4 Å². The molecular weight excluding hydrogens is 330 g/mol. The fourth-order valence-electron chi connectivity index (χ4n) is 3.36. The molecule has 0 saturated carbocycles. The van der Waals surface area contributed by atoms with Gasteiger partial charge in [-0.3, -0.25) is 9.20 Å². The predicted molar refractivity (Wildman–Crippen MR) is 99.5 cm³/mol. The summed E-state index contributed by atoms with van der Waals surface area (Å²) in [5.74, 6) is 1.45. The number of hydrogen-bond donors (Lipinski definition) is 1. The molecule has 0 aliphatic carbocycles. The Morgan fingerprint density at radius 1 is 1.23 bits per heavy atom. The molecule has 1 saturated heterocycles. The number of pyridine rings is 1. The Bertz CT molecular complexity index is 923. The molecule has 2 aromatic heterocycles. The lowest BCUT2D eigenvalue weighted by Crippen LogP contribution is -2.41. The van der Waals surface area contributed by atoms with E-state index in [1.54, 1.807) is 7.11 Å². The van der Waals surface area contributed by atoms with E-state index in [2.05, 4.69) is 20.4 Å². The van der Waals surface area contributed by atoms with E-state index in [0.29, 0.717) is 6.54 Å². The van der Waals surface area contributed by atoms with Crippen LogP contribution in [0.15, 0.2) is 48.7 Å². The van der Waals surface area contributed by atoms with Crippen LogP contribution in [-0.4, -0.2) is 40.7 Å². The van der Waals surface area contributed by atoms with Gasteiger partial charge >= 0.3 is 0 Å². The molecule has 1 aliphatic heterocycles. The summed E-state index contributed by atoms with van der Waals surface area (Å²) in [6.07, 6.45) is 3.76. The highest BCUT2D eigenvalue weighted by molar-refractivity contribution is 5.93.